The molecule has 2 amide bonds. The Morgan fingerprint density at radius 2 is 1.61 bits per heavy atom. The van der Waals surface area contributed by atoms with E-state index in [9.17, 15) is 18.4 Å². The number of amides is 2. The van der Waals surface area contributed by atoms with Gasteiger partial charge in [0.25, 0.3) is 0 Å². The number of nitrogens with zero attached hydrogens (tertiary/aromatic N) is 6. The minimum absolute atomic E-state index is 0.0287. The van der Waals surface area contributed by atoms with Gasteiger partial charge in [-0.15, -0.1) is 5.10 Å². The average molecular weight is 608 g/mol. The van der Waals surface area contributed by atoms with E-state index in [1.165, 1.54) is 34.7 Å². The fourth-order valence-corrected chi connectivity index (χ4v) is 4.93. The number of likely N-dealkylation sites (tertiary alicyclic amines) is 1. The fourth-order valence-electron chi connectivity index (χ4n) is 4.93. The van der Waals surface area contributed by atoms with Gasteiger partial charge in [-0.2, -0.15) is 4.58 Å². The quantitative estimate of drug-likeness (QED) is 0.267. The molecule has 9 nitrogen and oxygen atoms in total. The van der Waals surface area contributed by atoms with Crippen LogP contribution in [0.4, 0.5) is 8.78 Å². The van der Waals surface area contributed by atoms with Gasteiger partial charge in [-0.25, -0.2) is 18.4 Å². The maximum absolute atomic E-state index is 13.4. The Morgan fingerprint density at radius 3 is 2.14 bits per heavy atom. The summed E-state index contributed by atoms with van der Waals surface area (Å²) in [6.45, 7) is 9.68. The molecular weight excluding hydrogens is 566 g/mol. The van der Waals surface area contributed by atoms with E-state index in [2.05, 4.69) is 10.1 Å². The van der Waals surface area contributed by atoms with Gasteiger partial charge in [-0.05, 0) is 67.8 Å². The van der Waals surface area contributed by atoms with Crippen LogP contribution in [0.3, 0.4) is 0 Å². The first-order chi connectivity index (χ1) is 21.2. The molecule has 3 heterocycles. The highest BCUT2D eigenvalue weighted by Gasteiger charge is 2.25. The standard InChI is InChI=1S/C22H24F2N4O.C11H17N2O2/c1-3-13-27(14-4-2)20(29)15-28-22(17-7-11-19(24)12-8-17)25-21(26-28)16-5-9-18(23)10-6-16;1-9-8-11(12(9)2)15-7-6-13-5-3-4-10(13)14/h5-12H,3-4,13-15H2,1-2H3;8H,3-7H2,1-2H3/q;+1. The number of rotatable bonds is 12. The van der Waals surface area contributed by atoms with E-state index in [1.54, 1.807) is 24.3 Å². The average Bonchev–Trinajstić information content (AvgIpc) is 3.63. The van der Waals surface area contributed by atoms with Crippen LogP contribution in [0.5, 0.6) is 0 Å². The van der Waals surface area contributed by atoms with E-state index in [-0.39, 0.29) is 30.0 Å². The third-order valence-electron chi connectivity index (χ3n) is 7.48. The zero-order valence-corrected chi connectivity index (χ0v) is 25.9. The highest BCUT2D eigenvalue weighted by Crippen LogP contribution is 2.23. The molecule has 1 fully saturated rings. The van der Waals surface area contributed by atoms with Crippen molar-refractivity contribution in [3.63, 3.8) is 0 Å². The van der Waals surface area contributed by atoms with Crippen LogP contribution >= 0.6 is 0 Å². The van der Waals surface area contributed by atoms with E-state index in [1.807, 2.05) is 48.3 Å². The molecule has 234 valence electrons. The monoisotopic (exact) mass is 607 g/mol. The molecule has 0 atom stereocenters. The van der Waals surface area contributed by atoms with E-state index >= 15 is 0 Å². The third-order valence-corrected chi connectivity index (χ3v) is 7.48. The van der Waals surface area contributed by atoms with Crippen LogP contribution in [0.2, 0.25) is 0 Å². The Balaban J connectivity index is 0.000000246. The predicted octanol–water partition coefficient (Wildman–Crippen LogP) is 5.12. The van der Waals surface area contributed by atoms with E-state index in [0.29, 0.717) is 55.4 Å². The van der Waals surface area contributed by atoms with Crippen LogP contribution < -0.4 is 0 Å². The molecule has 0 N–H and O–H groups in total. The lowest BCUT2D eigenvalue weighted by Gasteiger charge is -2.21. The van der Waals surface area contributed by atoms with Gasteiger partial charge in [0.15, 0.2) is 17.4 Å². The summed E-state index contributed by atoms with van der Waals surface area (Å²) >= 11 is 0. The lowest BCUT2D eigenvalue weighted by molar-refractivity contribution is -0.492. The Labute approximate surface area is 257 Å². The molecule has 44 heavy (non-hydrogen) atoms. The topological polar surface area (TPSA) is 83.6 Å². The summed E-state index contributed by atoms with van der Waals surface area (Å²) in [5.74, 6) is 1.26. The van der Waals surface area contributed by atoms with Crippen molar-refractivity contribution in [1.29, 1.82) is 0 Å². The molecule has 0 saturated carbocycles. The molecule has 0 unspecified atom stereocenters. The molecule has 0 radical (unpaired) electrons. The number of benzene rings is 2. The Kier molecular flexibility index (Phi) is 11.3. The minimum atomic E-state index is -0.355. The summed E-state index contributed by atoms with van der Waals surface area (Å²) in [7, 11) is 1.98. The van der Waals surface area contributed by atoms with Crippen molar-refractivity contribution < 1.29 is 27.7 Å². The van der Waals surface area contributed by atoms with Gasteiger partial charge >= 0.3 is 5.88 Å². The van der Waals surface area contributed by atoms with Gasteiger partial charge in [0.05, 0.1) is 6.54 Å². The fraction of sp³-hybridized carbons (Fsp3) is 0.424. The first-order valence-electron chi connectivity index (χ1n) is 15.1. The lowest BCUT2D eigenvalue weighted by atomic mass is 10.2. The maximum atomic E-state index is 13.4. The molecule has 1 aromatic heterocycles. The first kappa shape index (κ1) is 32.5. The SMILES string of the molecule is CC1=[N+](C)C(OCCN2CCCC2=O)=C1.CCCN(CCC)C(=O)Cn1nc(-c2ccc(F)cc2)nc1-c1ccc(F)cc1. The number of allylic oxidation sites excluding steroid dienone is 1. The molecular formula is C33H41F2N6O3+. The number of carbonyl (C=O) groups excluding carboxylic acids is 2. The Bertz CT molecular complexity index is 1490. The van der Waals surface area contributed by atoms with Crippen molar-refractivity contribution in [1.82, 2.24) is 24.6 Å². The Morgan fingerprint density at radius 1 is 1.00 bits per heavy atom. The van der Waals surface area contributed by atoms with Gasteiger partial charge in [0.1, 0.15) is 37.9 Å². The highest BCUT2D eigenvalue weighted by atomic mass is 19.1. The molecule has 1 saturated heterocycles. The summed E-state index contributed by atoms with van der Waals surface area (Å²) in [6.07, 6.45) is 5.44. The van der Waals surface area contributed by atoms with Crippen LogP contribution in [-0.2, 0) is 20.9 Å². The molecule has 11 heteroatoms. The minimum Gasteiger partial charge on any atom is -0.442 e. The van der Waals surface area contributed by atoms with Gasteiger partial charge in [0.2, 0.25) is 11.8 Å². The molecule has 2 aliphatic rings. The normalized spacial score (nSPS) is 14.2. The van der Waals surface area contributed by atoms with Crippen LogP contribution in [0.15, 0.2) is 60.5 Å². The van der Waals surface area contributed by atoms with Crippen molar-refractivity contribution in [2.45, 2.75) is 53.0 Å². The number of ether oxygens (including phenoxy) is 1. The van der Waals surface area contributed by atoms with Crippen molar-refractivity contribution in [2.24, 2.45) is 0 Å². The van der Waals surface area contributed by atoms with Crippen LogP contribution in [-0.4, -0.2) is 86.5 Å². The summed E-state index contributed by atoms with van der Waals surface area (Å²) in [6, 6.07) is 11.7. The summed E-state index contributed by atoms with van der Waals surface area (Å²) in [5.41, 5.74) is 2.50. The first-order valence-corrected chi connectivity index (χ1v) is 15.1. The van der Waals surface area contributed by atoms with Crippen molar-refractivity contribution in [2.75, 3.05) is 39.8 Å². The molecule has 0 spiro atoms. The number of carbonyl (C=O) groups is 2. The summed E-state index contributed by atoms with van der Waals surface area (Å²) in [5, 5.41) is 4.49. The van der Waals surface area contributed by atoms with Crippen LogP contribution in [0.25, 0.3) is 22.8 Å². The summed E-state index contributed by atoms with van der Waals surface area (Å²) in [4.78, 5) is 32.4. The zero-order valence-electron chi connectivity index (χ0n) is 25.9. The third kappa shape index (κ3) is 8.36. The van der Waals surface area contributed by atoms with Gasteiger partial charge in [-0.1, -0.05) is 13.8 Å². The van der Waals surface area contributed by atoms with Gasteiger partial charge in [-0.3, -0.25) is 9.59 Å². The predicted molar refractivity (Wildman–Crippen MR) is 165 cm³/mol. The second kappa shape index (κ2) is 15.4. The Hall–Kier alpha value is -4.41. The molecule has 2 aromatic carbocycles. The lowest BCUT2D eigenvalue weighted by Crippen LogP contribution is -2.35. The molecule has 3 aromatic rings. The molecule has 5 rings (SSSR count). The number of hydrogen-bond acceptors (Lipinski definition) is 5. The van der Waals surface area contributed by atoms with Crippen molar-refractivity contribution in [3.8, 4) is 22.8 Å². The van der Waals surface area contributed by atoms with Crippen LogP contribution in [0, 0.1) is 11.6 Å². The number of halogens is 2. The van der Waals surface area contributed by atoms with Crippen molar-refractivity contribution in [3.05, 3.63) is 72.1 Å². The maximum Gasteiger partial charge on any atom is 0.374 e. The van der Waals surface area contributed by atoms with Crippen LogP contribution in [0.1, 0.15) is 46.5 Å². The smallest absolute Gasteiger partial charge is 0.374 e. The second-order valence-electron chi connectivity index (χ2n) is 10.8. The zero-order chi connectivity index (χ0) is 31.6. The van der Waals surface area contributed by atoms with Gasteiger partial charge < -0.3 is 14.5 Å². The molecule has 2 aliphatic heterocycles. The largest absolute Gasteiger partial charge is 0.442 e. The number of hydrogen-bond donors (Lipinski definition) is 0. The highest BCUT2D eigenvalue weighted by molar-refractivity contribution is 5.91. The second-order valence-corrected chi connectivity index (χ2v) is 10.8. The molecule has 0 aliphatic carbocycles. The number of aromatic nitrogens is 3. The summed E-state index contributed by atoms with van der Waals surface area (Å²) < 4.78 is 35.7. The van der Waals surface area contributed by atoms with E-state index in [0.717, 1.165) is 31.7 Å². The van der Waals surface area contributed by atoms with E-state index < -0.39 is 0 Å². The molecule has 0 bridgehead atoms. The van der Waals surface area contributed by atoms with E-state index in [4.69, 9.17) is 4.74 Å². The van der Waals surface area contributed by atoms with Gasteiger partial charge in [0, 0.05) is 44.1 Å². The van der Waals surface area contributed by atoms with Crippen molar-refractivity contribution >= 4 is 17.5 Å².